The number of aryl methyl sites for hydroxylation is 2. The normalized spacial score (nSPS) is 27.7. The standard InChI is InChI=1S/C23H30NO2.BrH/c1-5-24(4)15-14-23(26,20-12-8-18(3)9-13-20)21(16-24)22(25)19-10-6-17(2)7-11-19;/h6-13,21,26H,5,14-16H2,1-4H3;1H/q+1;/p-1. The van der Waals surface area contributed by atoms with Gasteiger partial charge in [-0.1, -0.05) is 59.7 Å². The summed E-state index contributed by atoms with van der Waals surface area (Å²) < 4.78 is 0.816. The van der Waals surface area contributed by atoms with Crippen LogP contribution in [0.25, 0.3) is 0 Å². The Hall–Kier alpha value is -1.49. The van der Waals surface area contributed by atoms with Crippen molar-refractivity contribution in [3.8, 4) is 0 Å². The monoisotopic (exact) mass is 431 g/mol. The van der Waals surface area contributed by atoms with Crippen molar-refractivity contribution in [3.05, 3.63) is 70.8 Å². The number of quaternary nitrogens is 1. The minimum Gasteiger partial charge on any atom is -1.00 e. The van der Waals surface area contributed by atoms with Crippen molar-refractivity contribution < 1.29 is 31.4 Å². The minimum atomic E-state index is -1.11. The summed E-state index contributed by atoms with van der Waals surface area (Å²) in [6.07, 6.45) is 0.600. The van der Waals surface area contributed by atoms with Crippen LogP contribution >= 0.6 is 0 Å². The smallest absolute Gasteiger partial charge is 0.174 e. The molecule has 0 radical (unpaired) electrons. The van der Waals surface area contributed by atoms with E-state index in [-0.39, 0.29) is 22.8 Å². The van der Waals surface area contributed by atoms with E-state index in [2.05, 4.69) is 14.0 Å². The maximum Gasteiger partial charge on any atom is 0.174 e. The highest BCUT2D eigenvalue weighted by Crippen LogP contribution is 2.41. The highest BCUT2D eigenvalue weighted by Gasteiger charge is 2.51. The van der Waals surface area contributed by atoms with Crippen LogP contribution in [0.2, 0.25) is 0 Å². The van der Waals surface area contributed by atoms with Gasteiger partial charge in [0.25, 0.3) is 0 Å². The Morgan fingerprint density at radius 1 is 1.07 bits per heavy atom. The summed E-state index contributed by atoms with van der Waals surface area (Å²) in [6.45, 7) is 8.70. The summed E-state index contributed by atoms with van der Waals surface area (Å²) in [6, 6.07) is 15.7. The molecule has 0 bridgehead atoms. The Labute approximate surface area is 173 Å². The number of carbonyl (C=O) groups excluding carboxylic acids is 1. The lowest BCUT2D eigenvalue weighted by Crippen LogP contribution is -3.00. The molecular weight excluding hydrogens is 402 g/mol. The number of nitrogens with zero attached hydrogens (tertiary/aromatic N) is 1. The third-order valence-corrected chi connectivity index (χ3v) is 6.20. The molecule has 0 aromatic heterocycles. The van der Waals surface area contributed by atoms with Crippen LogP contribution in [0.4, 0.5) is 0 Å². The summed E-state index contributed by atoms with van der Waals surface area (Å²) in [5, 5.41) is 11.7. The molecule has 3 nitrogen and oxygen atoms in total. The van der Waals surface area contributed by atoms with Gasteiger partial charge in [-0.05, 0) is 26.3 Å². The van der Waals surface area contributed by atoms with Gasteiger partial charge in [0, 0.05) is 12.0 Å². The molecule has 1 N–H and O–H groups in total. The van der Waals surface area contributed by atoms with E-state index in [0.717, 1.165) is 34.3 Å². The molecule has 0 aliphatic carbocycles. The summed E-state index contributed by atoms with van der Waals surface area (Å²) >= 11 is 0. The van der Waals surface area contributed by atoms with E-state index in [9.17, 15) is 9.90 Å². The highest BCUT2D eigenvalue weighted by atomic mass is 79.9. The van der Waals surface area contributed by atoms with Crippen LogP contribution in [-0.4, -0.2) is 42.1 Å². The van der Waals surface area contributed by atoms with E-state index in [0.29, 0.717) is 18.5 Å². The molecule has 2 aromatic rings. The number of hydrogen-bond acceptors (Lipinski definition) is 2. The first kappa shape index (κ1) is 21.8. The van der Waals surface area contributed by atoms with Crippen molar-refractivity contribution in [2.75, 3.05) is 26.7 Å². The molecule has 1 saturated heterocycles. The van der Waals surface area contributed by atoms with Gasteiger partial charge in [0.15, 0.2) is 5.78 Å². The zero-order valence-electron chi connectivity index (χ0n) is 16.7. The molecule has 1 heterocycles. The van der Waals surface area contributed by atoms with Crippen molar-refractivity contribution in [2.45, 2.75) is 32.8 Å². The molecule has 1 aliphatic heterocycles. The quantitative estimate of drug-likeness (QED) is 0.575. The maximum atomic E-state index is 13.4. The molecule has 27 heavy (non-hydrogen) atoms. The van der Waals surface area contributed by atoms with Crippen molar-refractivity contribution in [1.82, 2.24) is 0 Å². The number of carbonyl (C=O) groups is 1. The predicted molar refractivity (Wildman–Crippen MR) is 105 cm³/mol. The molecular formula is C23H30BrNO2. The number of ketones is 1. The zero-order valence-corrected chi connectivity index (χ0v) is 18.3. The van der Waals surface area contributed by atoms with Gasteiger partial charge >= 0.3 is 0 Å². The molecule has 3 atom stereocenters. The van der Waals surface area contributed by atoms with Gasteiger partial charge in [-0.3, -0.25) is 4.79 Å². The third-order valence-electron chi connectivity index (χ3n) is 6.20. The largest absolute Gasteiger partial charge is 1.00 e. The van der Waals surface area contributed by atoms with Crippen LogP contribution in [0, 0.1) is 19.8 Å². The fourth-order valence-electron chi connectivity index (χ4n) is 3.99. The summed E-state index contributed by atoms with van der Waals surface area (Å²) in [7, 11) is 2.18. The molecule has 4 heteroatoms. The van der Waals surface area contributed by atoms with Crippen LogP contribution in [0.5, 0.6) is 0 Å². The molecule has 1 aliphatic rings. The number of Topliss-reactive ketones (excluding diaryl/α,β-unsaturated/α-hetero) is 1. The molecule has 3 unspecified atom stereocenters. The molecule has 0 spiro atoms. The fourth-order valence-corrected chi connectivity index (χ4v) is 3.99. The predicted octanol–water partition coefficient (Wildman–Crippen LogP) is 0.864. The first-order valence-electron chi connectivity index (χ1n) is 9.51. The van der Waals surface area contributed by atoms with E-state index in [4.69, 9.17) is 0 Å². The highest BCUT2D eigenvalue weighted by molar-refractivity contribution is 5.98. The van der Waals surface area contributed by atoms with Crippen molar-refractivity contribution in [2.24, 2.45) is 5.92 Å². The van der Waals surface area contributed by atoms with Gasteiger partial charge in [0.1, 0.15) is 11.5 Å². The average Bonchev–Trinajstić information content (AvgIpc) is 2.64. The summed E-state index contributed by atoms with van der Waals surface area (Å²) in [5.41, 5.74) is 2.73. The molecule has 146 valence electrons. The van der Waals surface area contributed by atoms with Crippen LogP contribution in [0.3, 0.4) is 0 Å². The first-order valence-corrected chi connectivity index (χ1v) is 9.51. The zero-order chi connectivity index (χ0) is 18.9. The van der Waals surface area contributed by atoms with E-state index < -0.39 is 11.5 Å². The Kier molecular flexibility index (Phi) is 6.67. The SMILES string of the molecule is CC[N+]1(C)CCC(O)(c2ccc(C)cc2)C(C(=O)c2ccc(C)cc2)C1.[Br-]. The van der Waals surface area contributed by atoms with Gasteiger partial charge in [-0.2, -0.15) is 0 Å². The van der Waals surface area contributed by atoms with Crippen LogP contribution in [0.1, 0.15) is 40.4 Å². The number of halogens is 1. The lowest BCUT2D eigenvalue weighted by atomic mass is 9.72. The Morgan fingerprint density at radius 2 is 1.59 bits per heavy atom. The van der Waals surface area contributed by atoms with Crippen LogP contribution in [0.15, 0.2) is 48.5 Å². The Bertz CT molecular complexity index is 787. The lowest BCUT2D eigenvalue weighted by molar-refractivity contribution is -0.917. The number of piperidine rings is 1. The first-order chi connectivity index (χ1) is 12.3. The van der Waals surface area contributed by atoms with E-state index >= 15 is 0 Å². The average molecular weight is 432 g/mol. The molecule has 3 rings (SSSR count). The summed E-state index contributed by atoms with van der Waals surface area (Å²) in [4.78, 5) is 13.4. The van der Waals surface area contributed by atoms with Crippen molar-refractivity contribution in [3.63, 3.8) is 0 Å². The maximum absolute atomic E-state index is 13.4. The van der Waals surface area contributed by atoms with Crippen molar-refractivity contribution in [1.29, 1.82) is 0 Å². The number of aliphatic hydroxyl groups is 1. The number of hydrogen-bond donors (Lipinski definition) is 1. The van der Waals surface area contributed by atoms with E-state index in [1.54, 1.807) is 0 Å². The topological polar surface area (TPSA) is 37.3 Å². The van der Waals surface area contributed by atoms with Crippen molar-refractivity contribution >= 4 is 5.78 Å². The number of benzene rings is 2. The lowest BCUT2D eigenvalue weighted by Gasteiger charge is -2.48. The van der Waals surface area contributed by atoms with E-state index in [1.165, 1.54) is 0 Å². The summed E-state index contributed by atoms with van der Waals surface area (Å²) in [5.74, 6) is -0.391. The van der Waals surface area contributed by atoms with Crippen LogP contribution in [-0.2, 0) is 5.60 Å². The Morgan fingerprint density at radius 3 is 2.11 bits per heavy atom. The molecule has 0 saturated carbocycles. The second-order valence-electron chi connectivity index (χ2n) is 8.17. The minimum absolute atomic E-state index is 0. The number of rotatable bonds is 4. The molecule has 1 fully saturated rings. The fraction of sp³-hybridized carbons (Fsp3) is 0.435. The van der Waals surface area contributed by atoms with Gasteiger partial charge in [0.05, 0.1) is 26.7 Å². The van der Waals surface area contributed by atoms with Gasteiger partial charge in [-0.15, -0.1) is 0 Å². The van der Waals surface area contributed by atoms with Gasteiger partial charge < -0.3 is 26.6 Å². The number of likely N-dealkylation sites (tertiary alicyclic amines) is 1. The second kappa shape index (κ2) is 8.26. The second-order valence-corrected chi connectivity index (χ2v) is 8.17. The van der Waals surface area contributed by atoms with Crippen LogP contribution < -0.4 is 17.0 Å². The Balaban J connectivity index is 0.00000261. The van der Waals surface area contributed by atoms with Gasteiger partial charge in [0.2, 0.25) is 0 Å². The van der Waals surface area contributed by atoms with Gasteiger partial charge in [-0.25, -0.2) is 0 Å². The molecule has 2 aromatic carbocycles. The van der Waals surface area contributed by atoms with E-state index in [1.807, 2.05) is 62.4 Å². The third kappa shape index (κ3) is 4.34. The molecule has 0 amide bonds.